The molecule has 2 fully saturated rings. The number of carboxylic acid groups (broad SMARTS) is 1. The van der Waals surface area contributed by atoms with Crippen LogP contribution in [0.3, 0.4) is 0 Å². The fourth-order valence-corrected chi connectivity index (χ4v) is 2.96. The number of aliphatic carboxylic acids is 1. The van der Waals surface area contributed by atoms with E-state index >= 15 is 0 Å². The van der Waals surface area contributed by atoms with E-state index in [1.54, 1.807) is 11.8 Å². The predicted octanol–water partition coefficient (Wildman–Crippen LogP) is 1.39. The van der Waals surface area contributed by atoms with Crippen molar-refractivity contribution in [1.29, 1.82) is 5.26 Å². The average molecular weight is 250 g/mol. The monoisotopic (exact) mass is 250 g/mol. The Morgan fingerprint density at radius 2 is 1.89 bits per heavy atom. The lowest BCUT2D eigenvalue weighted by Gasteiger charge is -2.27. The van der Waals surface area contributed by atoms with Crippen LogP contribution in [-0.4, -0.2) is 35.0 Å². The number of hydrogen-bond acceptors (Lipinski definition) is 3. The highest BCUT2D eigenvalue weighted by molar-refractivity contribution is 5.87. The molecule has 1 aliphatic heterocycles. The van der Waals surface area contributed by atoms with E-state index in [-0.39, 0.29) is 12.5 Å². The third-order valence-corrected chi connectivity index (χ3v) is 4.36. The highest BCUT2D eigenvalue weighted by Gasteiger charge is 2.49. The molecule has 0 aromatic heterocycles. The number of amides is 1. The highest BCUT2D eigenvalue weighted by Crippen LogP contribution is 2.41. The summed E-state index contributed by atoms with van der Waals surface area (Å²) in [6.07, 6.45) is 3.51. The van der Waals surface area contributed by atoms with Crippen molar-refractivity contribution in [2.75, 3.05) is 13.1 Å². The SMILES string of the molecule is C[C@]1(C(=O)O)CCN(C(=O)C2(C#N)CCCC2)C1. The first-order chi connectivity index (χ1) is 8.43. The molecule has 1 amide bonds. The molecule has 5 nitrogen and oxygen atoms in total. The van der Waals surface area contributed by atoms with Gasteiger partial charge in [-0.25, -0.2) is 0 Å². The molecule has 0 spiro atoms. The van der Waals surface area contributed by atoms with Crippen LogP contribution in [0.1, 0.15) is 39.0 Å². The molecule has 0 radical (unpaired) electrons. The second-order valence-electron chi connectivity index (χ2n) is 5.74. The maximum atomic E-state index is 12.4. The van der Waals surface area contributed by atoms with Crippen molar-refractivity contribution >= 4 is 11.9 Å². The predicted molar refractivity (Wildman–Crippen MR) is 63.5 cm³/mol. The molecule has 0 unspecified atom stereocenters. The largest absolute Gasteiger partial charge is 0.481 e. The molecule has 0 aromatic carbocycles. The van der Waals surface area contributed by atoms with Crippen molar-refractivity contribution < 1.29 is 14.7 Å². The first kappa shape index (κ1) is 12.9. The maximum Gasteiger partial charge on any atom is 0.311 e. The third-order valence-electron chi connectivity index (χ3n) is 4.36. The van der Waals surface area contributed by atoms with Gasteiger partial charge in [-0.3, -0.25) is 9.59 Å². The van der Waals surface area contributed by atoms with E-state index in [0.29, 0.717) is 25.8 Å². The van der Waals surface area contributed by atoms with Crippen molar-refractivity contribution in [3.63, 3.8) is 0 Å². The number of nitrogens with zero attached hydrogens (tertiary/aromatic N) is 2. The van der Waals surface area contributed by atoms with Gasteiger partial charge in [0.1, 0.15) is 5.41 Å². The summed E-state index contributed by atoms with van der Waals surface area (Å²) in [4.78, 5) is 25.2. The Morgan fingerprint density at radius 1 is 1.28 bits per heavy atom. The van der Waals surface area contributed by atoms with E-state index in [0.717, 1.165) is 12.8 Å². The van der Waals surface area contributed by atoms with Gasteiger partial charge in [-0.1, -0.05) is 12.8 Å². The summed E-state index contributed by atoms with van der Waals surface area (Å²) in [7, 11) is 0. The van der Waals surface area contributed by atoms with Crippen LogP contribution in [0.15, 0.2) is 0 Å². The van der Waals surface area contributed by atoms with Crippen molar-refractivity contribution in [3.05, 3.63) is 0 Å². The van der Waals surface area contributed by atoms with Crippen LogP contribution in [-0.2, 0) is 9.59 Å². The topological polar surface area (TPSA) is 81.4 Å². The Bertz CT molecular complexity index is 420. The number of carbonyl (C=O) groups is 2. The van der Waals surface area contributed by atoms with Gasteiger partial charge in [-0.05, 0) is 26.2 Å². The summed E-state index contributed by atoms with van der Waals surface area (Å²) >= 11 is 0. The summed E-state index contributed by atoms with van der Waals surface area (Å²) < 4.78 is 0. The van der Waals surface area contributed by atoms with Gasteiger partial charge in [-0.2, -0.15) is 5.26 Å². The van der Waals surface area contributed by atoms with Crippen LogP contribution in [0, 0.1) is 22.2 Å². The molecule has 0 bridgehead atoms. The van der Waals surface area contributed by atoms with Gasteiger partial charge in [0, 0.05) is 13.1 Å². The lowest BCUT2D eigenvalue weighted by molar-refractivity contribution is -0.148. The second-order valence-corrected chi connectivity index (χ2v) is 5.74. The van der Waals surface area contributed by atoms with Gasteiger partial charge in [0.15, 0.2) is 0 Å². The molecule has 1 N–H and O–H groups in total. The quantitative estimate of drug-likeness (QED) is 0.803. The number of likely N-dealkylation sites (tertiary alicyclic amines) is 1. The highest BCUT2D eigenvalue weighted by atomic mass is 16.4. The molecule has 98 valence electrons. The van der Waals surface area contributed by atoms with E-state index in [4.69, 9.17) is 5.11 Å². The molecule has 2 rings (SSSR count). The average Bonchev–Trinajstić information content (AvgIpc) is 2.96. The van der Waals surface area contributed by atoms with Crippen LogP contribution >= 0.6 is 0 Å². The molecule has 1 heterocycles. The van der Waals surface area contributed by atoms with Crippen LogP contribution in [0.4, 0.5) is 0 Å². The van der Waals surface area contributed by atoms with Gasteiger partial charge >= 0.3 is 5.97 Å². The summed E-state index contributed by atoms with van der Waals surface area (Å²) in [5, 5.41) is 18.4. The van der Waals surface area contributed by atoms with E-state index in [1.807, 2.05) is 0 Å². The number of nitriles is 1. The molecule has 1 atom stereocenters. The van der Waals surface area contributed by atoms with Crippen molar-refractivity contribution in [2.45, 2.75) is 39.0 Å². The summed E-state index contributed by atoms with van der Waals surface area (Å²) in [5.41, 5.74) is -1.74. The summed E-state index contributed by atoms with van der Waals surface area (Å²) in [5.74, 6) is -1.03. The lowest BCUT2D eigenvalue weighted by atomic mass is 9.86. The van der Waals surface area contributed by atoms with E-state index in [9.17, 15) is 14.9 Å². The van der Waals surface area contributed by atoms with Gasteiger partial charge in [-0.15, -0.1) is 0 Å². The third kappa shape index (κ3) is 1.86. The second kappa shape index (κ2) is 4.27. The van der Waals surface area contributed by atoms with Crippen molar-refractivity contribution in [3.8, 4) is 6.07 Å². The minimum Gasteiger partial charge on any atom is -0.481 e. The summed E-state index contributed by atoms with van der Waals surface area (Å²) in [6, 6.07) is 2.17. The zero-order chi connectivity index (χ0) is 13.4. The van der Waals surface area contributed by atoms with Crippen molar-refractivity contribution in [2.24, 2.45) is 10.8 Å². The molecule has 18 heavy (non-hydrogen) atoms. The lowest BCUT2D eigenvalue weighted by Crippen LogP contribution is -2.42. The fraction of sp³-hybridized carbons (Fsp3) is 0.769. The van der Waals surface area contributed by atoms with E-state index < -0.39 is 16.8 Å². The van der Waals surface area contributed by atoms with Crippen LogP contribution in [0.2, 0.25) is 0 Å². The number of hydrogen-bond donors (Lipinski definition) is 1. The Kier molecular flexibility index (Phi) is 3.05. The van der Waals surface area contributed by atoms with E-state index in [2.05, 4.69) is 6.07 Å². The van der Waals surface area contributed by atoms with Crippen LogP contribution in [0.25, 0.3) is 0 Å². The zero-order valence-electron chi connectivity index (χ0n) is 10.6. The Balaban J connectivity index is 2.13. The van der Waals surface area contributed by atoms with Crippen LogP contribution in [0.5, 0.6) is 0 Å². The molecule has 2 aliphatic rings. The molecule has 1 saturated heterocycles. The Labute approximate surface area is 106 Å². The van der Waals surface area contributed by atoms with E-state index in [1.165, 1.54) is 0 Å². The fourth-order valence-electron chi connectivity index (χ4n) is 2.96. The Morgan fingerprint density at radius 3 is 2.33 bits per heavy atom. The molecule has 5 heteroatoms. The first-order valence-corrected chi connectivity index (χ1v) is 6.38. The minimum absolute atomic E-state index is 0.160. The van der Waals surface area contributed by atoms with Gasteiger partial charge in [0.25, 0.3) is 0 Å². The van der Waals surface area contributed by atoms with Gasteiger partial charge in [0.2, 0.25) is 5.91 Å². The number of rotatable bonds is 2. The molecular formula is C13H18N2O3. The van der Waals surface area contributed by atoms with Crippen molar-refractivity contribution in [1.82, 2.24) is 4.90 Å². The van der Waals surface area contributed by atoms with Gasteiger partial charge in [0.05, 0.1) is 11.5 Å². The summed E-state index contributed by atoms with van der Waals surface area (Å²) in [6.45, 7) is 2.34. The number of carbonyl (C=O) groups excluding carboxylic acids is 1. The standard InChI is InChI=1S/C13H18N2O3/c1-12(11(17)18)6-7-15(9-12)10(16)13(8-14)4-2-3-5-13/h2-7,9H2,1H3,(H,17,18)/t12-/m0/s1. The molecule has 0 aromatic rings. The van der Waals surface area contributed by atoms with Gasteiger partial charge < -0.3 is 10.0 Å². The molecular weight excluding hydrogens is 232 g/mol. The zero-order valence-corrected chi connectivity index (χ0v) is 10.6. The molecule has 1 aliphatic carbocycles. The minimum atomic E-state index is -0.885. The number of carboxylic acids is 1. The maximum absolute atomic E-state index is 12.4. The normalized spacial score (nSPS) is 30.1. The smallest absolute Gasteiger partial charge is 0.311 e. The molecule has 1 saturated carbocycles. The Hall–Kier alpha value is -1.57. The van der Waals surface area contributed by atoms with Crippen LogP contribution < -0.4 is 0 Å². The first-order valence-electron chi connectivity index (χ1n) is 6.38.